The van der Waals surface area contributed by atoms with E-state index < -0.39 is 17.8 Å². The first-order chi connectivity index (χ1) is 9.97. The lowest BCUT2D eigenvalue weighted by atomic mass is 9.74. The van der Waals surface area contributed by atoms with Crippen molar-refractivity contribution in [2.45, 2.75) is 51.9 Å². The first kappa shape index (κ1) is 16.3. The molecule has 3 N–H and O–H groups in total. The van der Waals surface area contributed by atoms with Crippen LogP contribution in [-0.2, 0) is 9.59 Å². The highest BCUT2D eigenvalue weighted by Crippen LogP contribution is 2.38. The molecule has 2 fully saturated rings. The highest BCUT2D eigenvalue weighted by atomic mass is 16.4. The molecule has 3 atom stereocenters. The Morgan fingerprint density at radius 2 is 1.76 bits per heavy atom. The van der Waals surface area contributed by atoms with Gasteiger partial charge in [0.25, 0.3) is 0 Å². The maximum atomic E-state index is 12.4. The van der Waals surface area contributed by atoms with Crippen LogP contribution in [0.5, 0.6) is 0 Å². The van der Waals surface area contributed by atoms with E-state index in [1.54, 1.807) is 0 Å². The number of aliphatic hydroxyl groups is 1. The van der Waals surface area contributed by atoms with Crippen molar-refractivity contribution in [1.82, 2.24) is 5.32 Å². The number of aliphatic carboxylic acids is 1. The summed E-state index contributed by atoms with van der Waals surface area (Å²) in [6.07, 6.45) is 6.48. The summed E-state index contributed by atoms with van der Waals surface area (Å²) in [6.45, 7) is 2.57. The van der Waals surface area contributed by atoms with Crippen LogP contribution >= 0.6 is 0 Å². The SMILES string of the molecule is CC1CC(C(=O)O)C(C(=O)NCC2(CO)CCCCC2)C1. The van der Waals surface area contributed by atoms with E-state index in [4.69, 9.17) is 0 Å². The van der Waals surface area contributed by atoms with Gasteiger partial charge in [-0.05, 0) is 31.6 Å². The van der Waals surface area contributed by atoms with Crippen molar-refractivity contribution in [3.05, 3.63) is 0 Å². The van der Waals surface area contributed by atoms with Gasteiger partial charge in [0.2, 0.25) is 5.91 Å². The molecule has 2 aliphatic rings. The number of nitrogens with one attached hydrogen (secondary N) is 1. The van der Waals surface area contributed by atoms with Crippen molar-refractivity contribution >= 4 is 11.9 Å². The molecular weight excluding hydrogens is 270 g/mol. The minimum absolute atomic E-state index is 0.0940. The lowest BCUT2D eigenvalue weighted by molar-refractivity contribution is -0.146. The van der Waals surface area contributed by atoms with Crippen LogP contribution in [0.15, 0.2) is 0 Å². The zero-order valence-corrected chi connectivity index (χ0v) is 12.8. The van der Waals surface area contributed by atoms with Crippen LogP contribution < -0.4 is 5.32 Å². The minimum atomic E-state index is -0.867. The zero-order valence-electron chi connectivity index (χ0n) is 12.8. The molecule has 2 rings (SSSR count). The maximum Gasteiger partial charge on any atom is 0.307 e. The van der Waals surface area contributed by atoms with Crippen molar-refractivity contribution in [1.29, 1.82) is 0 Å². The van der Waals surface area contributed by atoms with E-state index in [-0.39, 0.29) is 23.8 Å². The molecule has 3 unspecified atom stereocenters. The summed E-state index contributed by atoms with van der Waals surface area (Å²) in [6, 6.07) is 0. The summed E-state index contributed by atoms with van der Waals surface area (Å²) in [4.78, 5) is 23.6. The predicted octanol–water partition coefficient (Wildman–Crippen LogP) is 1.79. The first-order valence-electron chi connectivity index (χ1n) is 8.09. The number of carbonyl (C=O) groups excluding carboxylic acids is 1. The van der Waals surface area contributed by atoms with Crippen molar-refractivity contribution in [2.24, 2.45) is 23.2 Å². The third-order valence-corrected chi connectivity index (χ3v) is 5.34. The van der Waals surface area contributed by atoms with Crippen LogP contribution in [0.25, 0.3) is 0 Å². The Kier molecular flexibility index (Phi) is 5.25. The molecule has 120 valence electrons. The quantitative estimate of drug-likeness (QED) is 0.722. The Balaban J connectivity index is 1.92. The van der Waals surface area contributed by atoms with Gasteiger partial charge in [-0.25, -0.2) is 0 Å². The van der Waals surface area contributed by atoms with Crippen LogP contribution in [-0.4, -0.2) is 35.2 Å². The molecule has 0 aromatic carbocycles. The fourth-order valence-electron chi connectivity index (χ4n) is 3.95. The number of hydrogen-bond acceptors (Lipinski definition) is 3. The summed E-state index contributed by atoms with van der Waals surface area (Å²) < 4.78 is 0. The molecule has 0 bridgehead atoms. The summed E-state index contributed by atoms with van der Waals surface area (Å²) in [5.41, 5.74) is -0.198. The average Bonchev–Trinajstić information content (AvgIpc) is 2.88. The molecule has 5 heteroatoms. The van der Waals surface area contributed by atoms with Gasteiger partial charge in [-0.2, -0.15) is 0 Å². The molecule has 1 amide bonds. The van der Waals surface area contributed by atoms with Crippen molar-refractivity contribution < 1.29 is 19.8 Å². The highest BCUT2D eigenvalue weighted by Gasteiger charge is 2.42. The molecule has 0 heterocycles. The summed E-state index contributed by atoms with van der Waals surface area (Å²) in [5.74, 6) is -1.71. The number of amides is 1. The second kappa shape index (κ2) is 6.77. The van der Waals surface area contributed by atoms with Gasteiger partial charge in [-0.15, -0.1) is 0 Å². The van der Waals surface area contributed by atoms with Gasteiger partial charge in [0.05, 0.1) is 18.4 Å². The Bertz CT molecular complexity index is 390. The van der Waals surface area contributed by atoms with E-state index in [9.17, 15) is 19.8 Å². The van der Waals surface area contributed by atoms with E-state index in [1.807, 2.05) is 6.92 Å². The van der Waals surface area contributed by atoms with Gasteiger partial charge in [0.15, 0.2) is 0 Å². The van der Waals surface area contributed by atoms with Crippen molar-refractivity contribution in [3.63, 3.8) is 0 Å². The molecule has 2 aliphatic carbocycles. The molecule has 2 saturated carbocycles. The normalized spacial score (nSPS) is 31.8. The molecule has 21 heavy (non-hydrogen) atoms. The first-order valence-corrected chi connectivity index (χ1v) is 8.09. The number of rotatable bonds is 5. The standard InChI is InChI=1S/C16H27NO4/c1-11-7-12(13(8-11)15(20)21)14(19)17-9-16(10-18)5-3-2-4-6-16/h11-13,18H,2-10H2,1H3,(H,17,19)(H,20,21). The number of carboxylic acid groups (broad SMARTS) is 1. The molecule has 5 nitrogen and oxygen atoms in total. The molecular formula is C16H27NO4. The number of aliphatic hydroxyl groups excluding tert-OH is 1. The fourth-order valence-corrected chi connectivity index (χ4v) is 3.95. The van der Waals surface area contributed by atoms with Crippen LogP contribution in [0, 0.1) is 23.2 Å². The van der Waals surface area contributed by atoms with Crippen LogP contribution in [0.3, 0.4) is 0 Å². The van der Waals surface area contributed by atoms with Crippen LogP contribution in [0.1, 0.15) is 51.9 Å². The van der Waals surface area contributed by atoms with E-state index >= 15 is 0 Å². The fraction of sp³-hybridized carbons (Fsp3) is 0.875. The second-order valence-corrected chi connectivity index (χ2v) is 7.06. The van der Waals surface area contributed by atoms with Gasteiger partial charge in [0.1, 0.15) is 0 Å². The maximum absolute atomic E-state index is 12.4. The Morgan fingerprint density at radius 3 is 2.33 bits per heavy atom. The average molecular weight is 297 g/mol. The van der Waals surface area contributed by atoms with Crippen LogP contribution in [0.4, 0.5) is 0 Å². The Morgan fingerprint density at radius 1 is 1.14 bits per heavy atom. The monoisotopic (exact) mass is 297 g/mol. The Labute approximate surface area is 126 Å². The van der Waals surface area contributed by atoms with E-state index in [0.29, 0.717) is 19.4 Å². The number of hydrogen-bond donors (Lipinski definition) is 3. The predicted molar refractivity (Wildman–Crippen MR) is 78.6 cm³/mol. The Hall–Kier alpha value is -1.10. The van der Waals surface area contributed by atoms with Gasteiger partial charge in [-0.1, -0.05) is 26.2 Å². The zero-order chi connectivity index (χ0) is 15.5. The van der Waals surface area contributed by atoms with E-state index in [0.717, 1.165) is 25.7 Å². The smallest absolute Gasteiger partial charge is 0.307 e. The molecule has 0 aliphatic heterocycles. The van der Waals surface area contributed by atoms with Gasteiger partial charge >= 0.3 is 5.97 Å². The summed E-state index contributed by atoms with van der Waals surface area (Å²) in [5, 5.41) is 21.8. The third-order valence-electron chi connectivity index (χ3n) is 5.34. The molecule has 0 aromatic heterocycles. The molecule has 0 aromatic rings. The highest BCUT2D eigenvalue weighted by molar-refractivity contribution is 5.85. The minimum Gasteiger partial charge on any atom is -0.481 e. The van der Waals surface area contributed by atoms with Gasteiger partial charge in [0, 0.05) is 12.0 Å². The lowest BCUT2D eigenvalue weighted by Gasteiger charge is -2.36. The summed E-state index contributed by atoms with van der Waals surface area (Å²) >= 11 is 0. The molecule has 0 saturated heterocycles. The van der Waals surface area contributed by atoms with Gasteiger partial charge < -0.3 is 15.5 Å². The topological polar surface area (TPSA) is 86.6 Å². The molecule has 0 spiro atoms. The number of carboxylic acids is 1. The lowest BCUT2D eigenvalue weighted by Crippen LogP contribution is -2.44. The molecule has 0 radical (unpaired) electrons. The van der Waals surface area contributed by atoms with E-state index in [1.165, 1.54) is 6.42 Å². The van der Waals surface area contributed by atoms with Crippen molar-refractivity contribution in [2.75, 3.05) is 13.2 Å². The van der Waals surface area contributed by atoms with Crippen molar-refractivity contribution in [3.8, 4) is 0 Å². The largest absolute Gasteiger partial charge is 0.481 e. The number of carbonyl (C=O) groups is 2. The summed E-state index contributed by atoms with van der Waals surface area (Å²) in [7, 11) is 0. The van der Waals surface area contributed by atoms with Gasteiger partial charge in [-0.3, -0.25) is 9.59 Å². The third kappa shape index (κ3) is 3.76. The van der Waals surface area contributed by atoms with E-state index in [2.05, 4.69) is 5.32 Å². The second-order valence-electron chi connectivity index (χ2n) is 7.06. The van der Waals surface area contributed by atoms with Crippen LogP contribution in [0.2, 0.25) is 0 Å².